The molecule has 1 saturated heterocycles. The van der Waals surface area contributed by atoms with E-state index >= 15 is 0 Å². The molecule has 2 heterocycles. The number of hydrogen-bond acceptors (Lipinski definition) is 7. The van der Waals surface area contributed by atoms with Gasteiger partial charge >= 0.3 is 5.69 Å². The summed E-state index contributed by atoms with van der Waals surface area (Å²) in [6.45, 7) is 1.39. The number of nitrogen functional groups attached to an aromatic ring is 1. The van der Waals surface area contributed by atoms with Crippen LogP contribution >= 0.6 is 0 Å². The van der Waals surface area contributed by atoms with Crippen molar-refractivity contribution in [3.8, 4) is 0 Å². The zero-order valence-corrected chi connectivity index (χ0v) is 11.6. The molecule has 1 aromatic rings. The van der Waals surface area contributed by atoms with Crippen LogP contribution in [0, 0.1) is 0 Å². The lowest BCUT2D eigenvalue weighted by Crippen LogP contribution is -2.36. The van der Waals surface area contributed by atoms with Crippen molar-refractivity contribution in [3.05, 3.63) is 34.4 Å². The maximum atomic E-state index is 11.9. The quantitative estimate of drug-likeness (QED) is 0.500. The van der Waals surface area contributed by atoms with E-state index in [9.17, 15) is 15.0 Å². The molecule has 0 saturated carbocycles. The number of rotatable bonds is 4. The number of aromatic nitrogens is 2. The molecule has 2 rings (SSSR count). The van der Waals surface area contributed by atoms with Crippen LogP contribution in [0.5, 0.6) is 0 Å². The Kier molecular flexibility index (Phi) is 4.73. The van der Waals surface area contributed by atoms with Gasteiger partial charge in [0, 0.05) is 11.8 Å². The van der Waals surface area contributed by atoms with Crippen molar-refractivity contribution < 1.29 is 20.1 Å². The second-order valence-corrected chi connectivity index (χ2v) is 4.84. The van der Waals surface area contributed by atoms with Crippen LogP contribution in [-0.2, 0) is 11.2 Å². The smallest absolute Gasteiger partial charge is 0.351 e. The molecule has 0 spiro atoms. The highest BCUT2D eigenvalue weighted by molar-refractivity contribution is 5.38. The fourth-order valence-electron chi connectivity index (χ4n) is 2.22. The monoisotopic (exact) mass is 297 g/mol. The van der Waals surface area contributed by atoms with Gasteiger partial charge in [0.05, 0.1) is 6.61 Å². The molecule has 0 bridgehead atoms. The third kappa shape index (κ3) is 2.98. The Balaban J connectivity index is 2.37. The Labute approximate surface area is 121 Å². The fraction of sp³-hybridized carbons (Fsp3) is 0.538. The van der Waals surface area contributed by atoms with E-state index in [0.29, 0.717) is 12.0 Å². The van der Waals surface area contributed by atoms with Crippen molar-refractivity contribution >= 4 is 5.82 Å². The Morgan fingerprint density at radius 1 is 1.48 bits per heavy atom. The molecule has 1 aliphatic heterocycles. The zero-order valence-electron chi connectivity index (χ0n) is 11.6. The van der Waals surface area contributed by atoms with E-state index in [1.165, 1.54) is 6.20 Å². The van der Waals surface area contributed by atoms with Crippen LogP contribution in [-0.4, -0.2) is 49.8 Å². The van der Waals surface area contributed by atoms with Gasteiger partial charge in [0.2, 0.25) is 0 Å². The molecular formula is C13H19N3O5. The second-order valence-electron chi connectivity index (χ2n) is 4.84. The van der Waals surface area contributed by atoms with Crippen molar-refractivity contribution in [2.24, 2.45) is 0 Å². The normalized spacial score (nSPS) is 29.3. The second kappa shape index (κ2) is 6.35. The van der Waals surface area contributed by atoms with E-state index in [2.05, 4.69) is 4.98 Å². The minimum Gasteiger partial charge on any atom is -0.394 e. The van der Waals surface area contributed by atoms with Gasteiger partial charge in [-0.15, -0.1) is 0 Å². The summed E-state index contributed by atoms with van der Waals surface area (Å²) in [6.07, 6.45) is 0.940. The zero-order chi connectivity index (χ0) is 15.6. The molecule has 0 aromatic carbocycles. The maximum Gasteiger partial charge on any atom is 0.351 e. The average molecular weight is 297 g/mol. The SMILES string of the molecule is CC=CCc1cn([C@@H]2O[C@H](CO)[C@@H](O)[C@@H]2O)c(=O)nc1N. The van der Waals surface area contributed by atoms with E-state index in [-0.39, 0.29) is 5.82 Å². The van der Waals surface area contributed by atoms with Gasteiger partial charge in [-0.25, -0.2) is 4.79 Å². The number of anilines is 1. The van der Waals surface area contributed by atoms with E-state index in [0.717, 1.165) is 4.57 Å². The van der Waals surface area contributed by atoms with Gasteiger partial charge in [-0.3, -0.25) is 4.57 Å². The van der Waals surface area contributed by atoms with Crippen LogP contribution in [0.2, 0.25) is 0 Å². The molecule has 5 N–H and O–H groups in total. The minimum absolute atomic E-state index is 0.112. The Bertz CT molecular complexity index is 586. The lowest BCUT2D eigenvalue weighted by atomic mass is 10.1. The van der Waals surface area contributed by atoms with E-state index in [1.807, 2.05) is 19.1 Å². The van der Waals surface area contributed by atoms with Crippen LogP contribution < -0.4 is 11.4 Å². The predicted molar refractivity (Wildman–Crippen MR) is 74.4 cm³/mol. The summed E-state index contributed by atoms with van der Waals surface area (Å²) in [5.41, 5.74) is 5.61. The van der Waals surface area contributed by atoms with Gasteiger partial charge in [0.15, 0.2) is 6.23 Å². The average Bonchev–Trinajstić information content (AvgIpc) is 2.74. The first-order chi connectivity index (χ1) is 9.99. The Hall–Kier alpha value is -1.74. The third-order valence-electron chi connectivity index (χ3n) is 3.43. The molecule has 8 nitrogen and oxygen atoms in total. The predicted octanol–water partition coefficient (Wildman–Crippen LogP) is -1.44. The maximum absolute atomic E-state index is 11.9. The van der Waals surface area contributed by atoms with E-state index < -0.39 is 36.8 Å². The molecule has 116 valence electrons. The molecule has 0 unspecified atom stereocenters. The highest BCUT2D eigenvalue weighted by atomic mass is 16.6. The summed E-state index contributed by atoms with van der Waals surface area (Å²) >= 11 is 0. The van der Waals surface area contributed by atoms with Crippen molar-refractivity contribution in [2.45, 2.75) is 37.9 Å². The van der Waals surface area contributed by atoms with E-state index in [4.69, 9.17) is 15.6 Å². The molecule has 4 atom stereocenters. The van der Waals surface area contributed by atoms with Crippen molar-refractivity contribution in [2.75, 3.05) is 12.3 Å². The summed E-state index contributed by atoms with van der Waals surface area (Å²) in [5, 5.41) is 28.8. The first kappa shape index (κ1) is 15.6. The molecule has 21 heavy (non-hydrogen) atoms. The highest BCUT2D eigenvalue weighted by Gasteiger charge is 2.43. The van der Waals surface area contributed by atoms with Crippen LogP contribution in [0.15, 0.2) is 23.1 Å². The topological polar surface area (TPSA) is 131 Å². The molecule has 0 radical (unpaired) electrons. The Morgan fingerprint density at radius 2 is 2.19 bits per heavy atom. The number of nitrogens with zero attached hydrogens (tertiary/aromatic N) is 2. The lowest BCUT2D eigenvalue weighted by Gasteiger charge is -2.18. The first-order valence-corrected chi connectivity index (χ1v) is 6.60. The number of hydrogen-bond donors (Lipinski definition) is 4. The number of aliphatic hydroxyl groups is 3. The number of ether oxygens (including phenoxy) is 1. The van der Waals surface area contributed by atoms with Gasteiger partial charge in [-0.05, 0) is 13.3 Å². The van der Waals surface area contributed by atoms with Crippen molar-refractivity contribution in [3.63, 3.8) is 0 Å². The summed E-state index contributed by atoms with van der Waals surface area (Å²) in [4.78, 5) is 15.6. The van der Waals surface area contributed by atoms with E-state index in [1.54, 1.807) is 0 Å². The summed E-state index contributed by atoms with van der Waals surface area (Å²) < 4.78 is 6.40. The standard InChI is InChI=1S/C13H19N3O5/c1-2-3-4-7-5-16(13(20)15-11(7)14)12-10(19)9(18)8(6-17)21-12/h2-3,5,8-10,12,17-19H,4,6H2,1H3,(H2,14,15,20)/t8-,9-,10+,12-/m1/s1. The Morgan fingerprint density at radius 3 is 2.76 bits per heavy atom. The van der Waals surface area contributed by atoms with Crippen LogP contribution in [0.4, 0.5) is 5.82 Å². The first-order valence-electron chi connectivity index (χ1n) is 6.60. The van der Waals surface area contributed by atoms with Gasteiger partial charge in [-0.2, -0.15) is 4.98 Å². The molecule has 0 amide bonds. The van der Waals surface area contributed by atoms with Gasteiger partial charge in [0.1, 0.15) is 24.1 Å². The largest absolute Gasteiger partial charge is 0.394 e. The molecule has 0 aliphatic carbocycles. The summed E-state index contributed by atoms with van der Waals surface area (Å²) in [7, 11) is 0. The molecule has 1 aliphatic rings. The summed E-state index contributed by atoms with van der Waals surface area (Å²) in [6, 6.07) is 0. The van der Waals surface area contributed by atoms with Crippen molar-refractivity contribution in [1.29, 1.82) is 0 Å². The van der Waals surface area contributed by atoms with Crippen LogP contribution in [0.1, 0.15) is 18.7 Å². The van der Waals surface area contributed by atoms with Crippen LogP contribution in [0.3, 0.4) is 0 Å². The number of nitrogens with two attached hydrogens (primary N) is 1. The number of aliphatic hydroxyl groups excluding tert-OH is 3. The van der Waals surface area contributed by atoms with Crippen molar-refractivity contribution in [1.82, 2.24) is 9.55 Å². The molecular weight excluding hydrogens is 278 g/mol. The number of allylic oxidation sites excluding steroid dienone is 2. The molecule has 1 fully saturated rings. The summed E-state index contributed by atoms with van der Waals surface area (Å²) in [5.74, 6) is 0.112. The lowest BCUT2D eigenvalue weighted by molar-refractivity contribution is -0.0550. The highest BCUT2D eigenvalue weighted by Crippen LogP contribution is 2.28. The van der Waals surface area contributed by atoms with Gasteiger partial charge in [0.25, 0.3) is 0 Å². The third-order valence-corrected chi connectivity index (χ3v) is 3.43. The molecule has 8 heteroatoms. The molecule has 1 aromatic heterocycles. The van der Waals surface area contributed by atoms with Crippen LogP contribution in [0.25, 0.3) is 0 Å². The van der Waals surface area contributed by atoms with Gasteiger partial charge in [-0.1, -0.05) is 12.2 Å². The fourth-order valence-corrected chi connectivity index (χ4v) is 2.22. The minimum atomic E-state index is -1.33. The van der Waals surface area contributed by atoms with Gasteiger partial charge < -0.3 is 25.8 Å².